The van der Waals surface area contributed by atoms with Crippen LogP contribution in [0.2, 0.25) is 0 Å². The highest BCUT2D eigenvalue weighted by atomic mass is 15.0. The predicted octanol–water partition coefficient (Wildman–Crippen LogP) is 15.3. The average Bonchev–Trinajstić information content (AvgIpc) is 3.81. The molecule has 0 atom stereocenters. The molecule has 0 spiro atoms. The average molecular weight is 819 g/mol. The molecule has 0 amide bonds. The topological polar surface area (TPSA) is 43.6 Å². The number of para-hydroxylation sites is 1. The van der Waals surface area contributed by atoms with Gasteiger partial charge < -0.3 is 4.57 Å². The largest absolute Gasteiger partial charge is 0.309 e. The minimum Gasteiger partial charge on any atom is -0.309 e. The number of hydrogen-bond donors (Lipinski definition) is 0. The van der Waals surface area contributed by atoms with Crippen LogP contribution >= 0.6 is 0 Å². The fourth-order valence-corrected chi connectivity index (χ4v) is 9.74. The number of nitrogens with zero attached hydrogens (tertiary/aromatic N) is 4. The number of aromatic nitrogens is 4. The third-order valence-electron chi connectivity index (χ3n) is 13.1. The van der Waals surface area contributed by atoms with E-state index in [9.17, 15) is 0 Å². The van der Waals surface area contributed by atoms with Crippen molar-refractivity contribution in [2.45, 2.75) is 19.3 Å². The van der Waals surface area contributed by atoms with Crippen LogP contribution in [0.1, 0.15) is 25.0 Å². The van der Waals surface area contributed by atoms with Gasteiger partial charge in [0.1, 0.15) is 0 Å². The van der Waals surface area contributed by atoms with E-state index in [0.717, 1.165) is 44.5 Å². The highest BCUT2D eigenvalue weighted by molar-refractivity contribution is 6.11. The molecule has 64 heavy (non-hydrogen) atoms. The van der Waals surface area contributed by atoms with E-state index < -0.39 is 0 Å². The van der Waals surface area contributed by atoms with Crippen LogP contribution in [0, 0.1) is 0 Å². The van der Waals surface area contributed by atoms with Crippen molar-refractivity contribution in [2.75, 3.05) is 0 Å². The Morgan fingerprint density at radius 3 is 1.39 bits per heavy atom. The molecule has 4 heteroatoms. The Balaban J connectivity index is 1.00. The molecule has 0 fully saturated rings. The summed E-state index contributed by atoms with van der Waals surface area (Å²) >= 11 is 0. The molecular weight excluding hydrogens is 777 g/mol. The van der Waals surface area contributed by atoms with Crippen molar-refractivity contribution in [1.29, 1.82) is 0 Å². The number of rotatable bonds is 7. The van der Waals surface area contributed by atoms with Gasteiger partial charge in [0.25, 0.3) is 0 Å². The van der Waals surface area contributed by atoms with Crippen molar-refractivity contribution in [3.63, 3.8) is 0 Å². The highest BCUT2D eigenvalue weighted by Gasteiger charge is 2.35. The monoisotopic (exact) mass is 818 g/mol. The summed E-state index contributed by atoms with van der Waals surface area (Å²) in [7, 11) is 0. The second-order valence-electron chi connectivity index (χ2n) is 17.3. The summed E-state index contributed by atoms with van der Waals surface area (Å²) in [6.45, 7) is 4.67. The van der Waals surface area contributed by atoms with Crippen molar-refractivity contribution in [3.8, 4) is 84.4 Å². The van der Waals surface area contributed by atoms with E-state index in [1.54, 1.807) is 0 Å². The minimum atomic E-state index is -0.0325. The Kier molecular flexibility index (Phi) is 8.80. The van der Waals surface area contributed by atoms with E-state index in [0.29, 0.717) is 17.5 Å². The van der Waals surface area contributed by atoms with Crippen LogP contribution in [0.25, 0.3) is 106 Å². The summed E-state index contributed by atoms with van der Waals surface area (Å²) in [5.74, 6) is 1.87. The van der Waals surface area contributed by atoms with Crippen LogP contribution in [0.4, 0.5) is 0 Å². The number of benzene rings is 9. The fourth-order valence-electron chi connectivity index (χ4n) is 9.74. The first kappa shape index (κ1) is 37.5. The standard InChI is InChI=1S/C60H42N4/c1-60(2)53-21-13-12-20-49(53)51-36-45(31-34-54(51)60)46-32-35-55-52(37-46)50-33-30-47(38-56(50)64(55)48-18-10-5-11-19-48)59-62-57(43-26-22-41(23-27-43)39-14-6-3-7-15-39)61-58(63-59)44-28-24-42(25-29-44)40-16-8-4-9-17-40/h3-38H,1-2H3. The summed E-state index contributed by atoms with van der Waals surface area (Å²) < 4.78 is 2.37. The first-order valence-corrected chi connectivity index (χ1v) is 21.9. The maximum atomic E-state index is 5.21. The third-order valence-corrected chi connectivity index (χ3v) is 13.1. The van der Waals surface area contributed by atoms with Gasteiger partial charge in [-0.25, -0.2) is 15.0 Å². The third kappa shape index (κ3) is 6.34. The molecule has 11 aromatic rings. The lowest BCUT2D eigenvalue weighted by atomic mass is 9.82. The SMILES string of the molecule is CC1(C)c2ccccc2-c2cc(-c3ccc4c(c3)c3ccc(-c5nc(-c6ccc(-c7ccccc7)cc6)nc(-c6ccc(-c7ccccc7)cc6)n5)cc3n4-c3ccccc3)ccc21. The van der Waals surface area contributed by atoms with Crippen molar-refractivity contribution < 1.29 is 0 Å². The molecule has 1 aliphatic rings. The normalized spacial score (nSPS) is 12.7. The van der Waals surface area contributed by atoms with Crippen LogP contribution < -0.4 is 0 Å². The van der Waals surface area contributed by atoms with Gasteiger partial charge >= 0.3 is 0 Å². The van der Waals surface area contributed by atoms with E-state index in [1.807, 2.05) is 12.1 Å². The first-order valence-electron chi connectivity index (χ1n) is 21.9. The lowest BCUT2D eigenvalue weighted by Gasteiger charge is -2.21. The van der Waals surface area contributed by atoms with Crippen LogP contribution in [-0.2, 0) is 5.41 Å². The van der Waals surface area contributed by atoms with Crippen LogP contribution in [0.5, 0.6) is 0 Å². The second-order valence-corrected chi connectivity index (χ2v) is 17.3. The Morgan fingerprint density at radius 2 is 0.766 bits per heavy atom. The molecule has 12 rings (SSSR count). The minimum absolute atomic E-state index is 0.0325. The van der Waals surface area contributed by atoms with Gasteiger partial charge in [-0.05, 0) is 92.0 Å². The fraction of sp³-hybridized carbons (Fsp3) is 0.0500. The predicted molar refractivity (Wildman–Crippen MR) is 264 cm³/mol. The molecular formula is C60H42N4. The molecule has 0 saturated carbocycles. The molecule has 0 bridgehead atoms. The summed E-state index contributed by atoms with van der Waals surface area (Å²) in [4.78, 5) is 15.5. The highest BCUT2D eigenvalue weighted by Crippen LogP contribution is 2.50. The summed E-state index contributed by atoms with van der Waals surface area (Å²) in [6, 6.07) is 77.9. The van der Waals surface area contributed by atoms with Gasteiger partial charge in [0.15, 0.2) is 17.5 Å². The van der Waals surface area contributed by atoms with E-state index in [-0.39, 0.29) is 5.41 Å². The Bertz CT molecular complexity index is 3430. The molecule has 0 saturated heterocycles. The number of hydrogen-bond acceptors (Lipinski definition) is 3. The van der Waals surface area contributed by atoms with Crippen LogP contribution in [-0.4, -0.2) is 19.5 Å². The van der Waals surface area contributed by atoms with Crippen molar-refractivity contribution in [1.82, 2.24) is 19.5 Å². The summed E-state index contributed by atoms with van der Waals surface area (Å²) in [6.07, 6.45) is 0. The molecule has 0 radical (unpaired) electrons. The molecule has 2 aromatic heterocycles. The lowest BCUT2D eigenvalue weighted by Crippen LogP contribution is -2.14. The second kappa shape index (κ2) is 15.0. The molecule has 0 N–H and O–H groups in total. The van der Waals surface area contributed by atoms with Crippen LogP contribution in [0.15, 0.2) is 218 Å². The van der Waals surface area contributed by atoms with E-state index in [2.05, 4.69) is 225 Å². The van der Waals surface area contributed by atoms with E-state index in [1.165, 1.54) is 55.3 Å². The van der Waals surface area contributed by atoms with E-state index >= 15 is 0 Å². The van der Waals surface area contributed by atoms with Gasteiger partial charge in [0.2, 0.25) is 0 Å². The zero-order valence-corrected chi connectivity index (χ0v) is 35.6. The van der Waals surface area contributed by atoms with Gasteiger partial charge in [0, 0.05) is 38.6 Å². The number of fused-ring (bicyclic) bond motifs is 6. The smallest absolute Gasteiger partial charge is 0.164 e. The molecule has 302 valence electrons. The molecule has 1 aliphatic carbocycles. The van der Waals surface area contributed by atoms with Crippen molar-refractivity contribution >= 4 is 21.8 Å². The summed E-state index contributed by atoms with van der Waals surface area (Å²) in [5.41, 5.74) is 18.5. The van der Waals surface area contributed by atoms with Gasteiger partial charge in [-0.15, -0.1) is 0 Å². The van der Waals surface area contributed by atoms with Crippen LogP contribution in [0.3, 0.4) is 0 Å². The van der Waals surface area contributed by atoms with Crippen molar-refractivity contribution in [3.05, 3.63) is 230 Å². The van der Waals surface area contributed by atoms with Gasteiger partial charge in [-0.3, -0.25) is 0 Å². The quantitative estimate of drug-likeness (QED) is 0.161. The Labute approximate surface area is 372 Å². The van der Waals surface area contributed by atoms with Gasteiger partial charge in [-0.1, -0.05) is 196 Å². The Hall–Kier alpha value is -8.21. The molecule has 0 aliphatic heterocycles. The maximum absolute atomic E-state index is 5.21. The lowest BCUT2D eigenvalue weighted by molar-refractivity contribution is 0.660. The van der Waals surface area contributed by atoms with Gasteiger partial charge in [-0.2, -0.15) is 0 Å². The van der Waals surface area contributed by atoms with Crippen molar-refractivity contribution in [2.24, 2.45) is 0 Å². The molecule has 9 aromatic carbocycles. The summed E-state index contributed by atoms with van der Waals surface area (Å²) in [5, 5.41) is 2.36. The van der Waals surface area contributed by atoms with Gasteiger partial charge in [0.05, 0.1) is 11.0 Å². The molecule has 4 nitrogen and oxygen atoms in total. The first-order chi connectivity index (χ1) is 31.5. The zero-order valence-electron chi connectivity index (χ0n) is 35.6. The molecule has 2 heterocycles. The zero-order chi connectivity index (χ0) is 42.8. The maximum Gasteiger partial charge on any atom is 0.164 e. The van der Waals surface area contributed by atoms with E-state index in [4.69, 9.17) is 15.0 Å². The Morgan fingerprint density at radius 1 is 0.312 bits per heavy atom. The molecule has 0 unspecified atom stereocenters.